The molecule has 0 radical (unpaired) electrons. The Kier molecular flexibility index (Phi) is 6.49. The summed E-state index contributed by atoms with van der Waals surface area (Å²) in [6.45, 7) is 1.95. The van der Waals surface area contributed by atoms with E-state index >= 15 is 0 Å². The zero-order valence-corrected chi connectivity index (χ0v) is 18.1. The second-order valence-corrected chi connectivity index (χ2v) is 7.16. The van der Waals surface area contributed by atoms with Gasteiger partial charge in [-0.2, -0.15) is 10.1 Å². The van der Waals surface area contributed by atoms with Crippen molar-refractivity contribution in [3.8, 4) is 11.5 Å². The molecule has 0 spiro atoms. The molecular formula is C22H25N7O3. The van der Waals surface area contributed by atoms with Crippen LogP contribution in [0.15, 0.2) is 53.5 Å². The van der Waals surface area contributed by atoms with Crippen molar-refractivity contribution in [2.24, 2.45) is 0 Å². The summed E-state index contributed by atoms with van der Waals surface area (Å²) in [6, 6.07) is 9.50. The Balaban J connectivity index is 1.36. The minimum Gasteiger partial charge on any atom is -0.497 e. The van der Waals surface area contributed by atoms with Crippen LogP contribution in [0.2, 0.25) is 0 Å². The van der Waals surface area contributed by atoms with Crippen molar-refractivity contribution in [3.63, 3.8) is 0 Å². The van der Waals surface area contributed by atoms with Crippen LogP contribution in [0, 0.1) is 0 Å². The third kappa shape index (κ3) is 5.34. The zero-order chi connectivity index (χ0) is 22.3. The predicted molar refractivity (Wildman–Crippen MR) is 119 cm³/mol. The van der Waals surface area contributed by atoms with Crippen LogP contribution < -0.4 is 20.1 Å². The molecule has 0 aliphatic heterocycles. The lowest BCUT2D eigenvalue weighted by atomic mass is 10.1. The van der Waals surface area contributed by atoms with E-state index in [1.165, 1.54) is 6.39 Å². The number of aryl methyl sites for hydroxylation is 2. The minimum atomic E-state index is -0.111. The van der Waals surface area contributed by atoms with Crippen LogP contribution in [0.5, 0.6) is 11.5 Å². The van der Waals surface area contributed by atoms with Crippen molar-refractivity contribution < 1.29 is 13.9 Å². The molecule has 1 unspecified atom stereocenters. The van der Waals surface area contributed by atoms with Gasteiger partial charge in [-0.25, -0.2) is 9.97 Å². The van der Waals surface area contributed by atoms with Crippen molar-refractivity contribution in [2.75, 3.05) is 24.9 Å². The van der Waals surface area contributed by atoms with Crippen LogP contribution in [0.3, 0.4) is 0 Å². The Morgan fingerprint density at radius 1 is 1.06 bits per heavy atom. The molecule has 3 aromatic heterocycles. The van der Waals surface area contributed by atoms with Crippen LogP contribution in [0.25, 0.3) is 0 Å². The number of oxazole rings is 1. The Bertz CT molecular complexity index is 1120. The smallest absolute Gasteiger partial charge is 0.225 e. The molecular weight excluding hydrogens is 410 g/mol. The maximum atomic E-state index is 5.34. The average molecular weight is 435 g/mol. The number of hydrogen-bond donors (Lipinski definition) is 3. The van der Waals surface area contributed by atoms with Gasteiger partial charge in [0.2, 0.25) is 5.95 Å². The lowest BCUT2D eigenvalue weighted by Crippen LogP contribution is -2.09. The van der Waals surface area contributed by atoms with E-state index in [1.807, 2.05) is 31.2 Å². The number of nitrogens with one attached hydrogen (secondary N) is 3. The van der Waals surface area contributed by atoms with Gasteiger partial charge in [0.05, 0.1) is 26.5 Å². The molecule has 0 saturated carbocycles. The minimum absolute atomic E-state index is 0.111. The molecule has 4 aromatic rings. The van der Waals surface area contributed by atoms with E-state index in [0.717, 1.165) is 35.6 Å². The Morgan fingerprint density at radius 3 is 2.59 bits per heavy atom. The Labute approximate surface area is 185 Å². The van der Waals surface area contributed by atoms with Gasteiger partial charge in [0.25, 0.3) is 0 Å². The van der Waals surface area contributed by atoms with Crippen molar-refractivity contribution in [1.82, 2.24) is 25.1 Å². The Morgan fingerprint density at radius 2 is 1.88 bits per heavy atom. The molecule has 10 nitrogen and oxygen atoms in total. The largest absolute Gasteiger partial charge is 0.497 e. The highest BCUT2D eigenvalue weighted by molar-refractivity contribution is 5.53. The second-order valence-electron chi connectivity index (χ2n) is 7.16. The highest BCUT2D eigenvalue weighted by Crippen LogP contribution is 2.24. The van der Waals surface area contributed by atoms with E-state index < -0.39 is 0 Å². The quantitative estimate of drug-likeness (QED) is 0.340. The fourth-order valence-electron chi connectivity index (χ4n) is 3.18. The predicted octanol–water partition coefficient (Wildman–Crippen LogP) is 3.91. The summed E-state index contributed by atoms with van der Waals surface area (Å²) >= 11 is 0. The topological polar surface area (TPSA) is 123 Å². The summed E-state index contributed by atoms with van der Waals surface area (Å²) in [7, 11) is 3.29. The second kappa shape index (κ2) is 9.82. The number of aromatic nitrogens is 5. The number of benzene rings is 1. The first-order valence-corrected chi connectivity index (χ1v) is 10.1. The lowest BCUT2D eigenvalue weighted by Gasteiger charge is -2.11. The normalized spacial score (nSPS) is 11.7. The van der Waals surface area contributed by atoms with Gasteiger partial charge in [0.15, 0.2) is 12.2 Å². The van der Waals surface area contributed by atoms with Gasteiger partial charge in [0.1, 0.15) is 23.1 Å². The molecule has 1 aromatic carbocycles. The van der Waals surface area contributed by atoms with E-state index in [2.05, 4.69) is 35.8 Å². The number of ether oxygens (including phenoxy) is 2. The van der Waals surface area contributed by atoms with E-state index in [9.17, 15) is 0 Å². The van der Waals surface area contributed by atoms with Crippen molar-refractivity contribution in [3.05, 3.63) is 66.1 Å². The number of anilines is 3. The van der Waals surface area contributed by atoms with Gasteiger partial charge in [-0.15, -0.1) is 0 Å². The average Bonchev–Trinajstić information content (AvgIpc) is 3.50. The van der Waals surface area contributed by atoms with E-state index in [-0.39, 0.29) is 6.04 Å². The number of aromatic amines is 1. The number of hydrogen-bond acceptors (Lipinski definition) is 9. The number of rotatable bonds is 10. The lowest BCUT2D eigenvalue weighted by molar-refractivity contribution is 0.393. The van der Waals surface area contributed by atoms with Gasteiger partial charge in [-0.3, -0.25) is 5.10 Å². The molecule has 32 heavy (non-hydrogen) atoms. The SMILES string of the molecule is COc1cc(CCc2cc(Nc3ccnc(NC(C)c4cnco4)n3)n[nH]2)cc(OC)c1. The van der Waals surface area contributed by atoms with E-state index in [1.54, 1.807) is 32.7 Å². The van der Waals surface area contributed by atoms with E-state index in [4.69, 9.17) is 13.9 Å². The summed E-state index contributed by atoms with van der Waals surface area (Å²) in [5.41, 5.74) is 2.12. The first-order valence-electron chi connectivity index (χ1n) is 10.1. The van der Waals surface area contributed by atoms with Crippen molar-refractivity contribution in [2.45, 2.75) is 25.8 Å². The first kappa shape index (κ1) is 21.2. The van der Waals surface area contributed by atoms with Crippen LogP contribution in [-0.2, 0) is 12.8 Å². The highest BCUT2D eigenvalue weighted by Gasteiger charge is 2.11. The maximum absolute atomic E-state index is 5.34. The molecule has 0 bridgehead atoms. The summed E-state index contributed by atoms with van der Waals surface area (Å²) in [5, 5.41) is 13.8. The summed E-state index contributed by atoms with van der Waals surface area (Å²) < 4.78 is 16.0. The highest BCUT2D eigenvalue weighted by atomic mass is 16.5. The molecule has 4 rings (SSSR count). The molecule has 0 aliphatic rings. The number of H-pyrrole nitrogens is 1. The summed E-state index contributed by atoms with van der Waals surface area (Å²) in [6.07, 6.45) is 6.33. The summed E-state index contributed by atoms with van der Waals surface area (Å²) in [4.78, 5) is 12.7. The molecule has 0 fully saturated rings. The zero-order valence-electron chi connectivity index (χ0n) is 18.1. The van der Waals surface area contributed by atoms with Crippen LogP contribution >= 0.6 is 0 Å². The molecule has 1 atom stereocenters. The molecule has 3 N–H and O–H groups in total. The standard InChI is InChI=1S/C22H25N7O3/c1-14(19-12-23-13-32-19)25-22-24-7-6-20(27-22)26-21-10-16(28-29-21)5-4-15-8-17(30-2)11-18(9-15)31-3/h6-14H,4-5H2,1-3H3,(H3,24,25,26,27,28,29). The van der Waals surface area contributed by atoms with E-state index in [0.29, 0.717) is 23.3 Å². The molecule has 166 valence electrons. The van der Waals surface area contributed by atoms with Crippen LogP contribution in [-0.4, -0.2) is 39.4 Å². The number of nitrogens with zero attached hydrogens (tertiary/aromatic N) is 4. The molecule has 3 heterocycles. The van der Waals surface area contributed by atoms with Crippen molar-refractivity contribution in [1.29, 1.82) is 0 Å². The molecule has 0 amide bonds. The van der Waals surface area contributed by atoms with Crippen LogP contribution in [0.1, 0.15) is 30.0 Å². The Hall–Kier alpha value is -4.08. The van der Waals surface area contributed by atoms with Gasteiger partial charge >= 0.3 is 0 Å². The van der Waals surface area contributed by atoms with Gasteiger partial charge in [-0.1, -0.05) is 0 Å². The molecule has 10 heteroatoms. The first-order chi connectivity index (χ1) is 15.6. The van der Waals surface area contributed by atoms with Gasteiger partial charge in [-0.05, 0) is 43.5 Å². The summed E-state index contributed by atoms with van der Waals surface area (Å²) in [5.74, 6) is 4.03. The fraction of sp³-hybridized carbons (Fsp3) is 0.273. The third-order valence-electron chi connectivity index (χ3n) is 4.86. The third-order valence-corrected chi connectivity index (χ3v) is 4.86. The van der Waals surface area contributed by atoms with Gasteiger partial charge < -0.3 is 24.5 Å². The molecule has 0 aliphatic carbocycles. The monoisotopic (exact) mass is 435 g/mol. The van der Waals surface area contributed by atoms with Crippen LogP contribution in [0.4, 0.5) is 17.6 Å². The maximum Gasteiger partial charge on any atom is 0.225 e. The fourth-order valence-corrected chi connectivity index (χ4v) is 3.18. The van der Waals surface area contributed by atoms with Gasteiger partial charge in [0, 0.05) is 24.0 Å². The number of methoxy groups -OCH3 is 2. The molecule has 0 saturated heterocycles. The van der Waals surface area contributed by atoms with Crippen molar-refractivity contribution >= 4 is 17.6 Å².